The van der Waals surface area contributed by atoms with E-state index in [0.717, 1.165) is 16.7 Å². The van der Waals surface area contributed by atoms with E-state index in [1.807, 2.05) is 26.0 Å². The fraction of sp³-hybridized carbons (Fsp3) is 0.250. The van der Waals surface area contributed by atoms with E-state index >= 15 is 0 Å². The summed E-state index contributed by atoms with van der Waals surface area (Å²) < 4.78 is 0. The maximum Gasteiger partial charge on any atom is 0.243 e. The van der Waals surface area contributed by atoms with Crippen LogP contribution in [0.4, 0.5) is 0 Å². The highest BCUT2D eigenvalue weighted by Gasteiger charge is 2.01. The van der Waals surface area contributed by atoms with Crippen molar-refractivity contribution in [3.05, 3.63) is 34.9 Å². The Kier molecular flexibility index (Phi) is 3.50. The maximum absolute atomic E-state index is 11.0. The number of hydrogen-bond donors (Lipinski definition) is 2. The lowest BCUT2D eigenvalue weighted by atomic mass is 10.1. The first-order valence-corrected chi connectivity index (χ1v) is 4.74. The fourth-order valence-corrected chi connectivity index (χ4v) is 1.34. The topological polar surface area (TPSA) is 49.3 Å². The average molecular weight is 205 g/mol. The molecule has 0 aliphatic rings. The zero-order valence-electron chi connectivity index (χ0n) is 9.16. The summed E-state index contributed by atoms with van der Waals surface area (Å²) in [6.07, 6.45) is 3.18. The third-order valence-corrected chi connectivity index (χ3v) is 2.19. The lowest BCUT2D eigenvalue weighted by Gasteiger charge is -2.04. The zero-order chi connectivity index (χ0) is 11.4. The second-order valence-electron chi connectivity index (χ2n) is 3.45. The predicted octanol–water partition coefficient (Wildman–Crippen LogP) is 1.77. The Bertz CT molecular complexity index is 385. The van der Waals surface area contributed by atoms with Gasteiger partial charge in [0.1, 0.15) is 5.75 Å². The number of hydrogen-bond acceptors (Lipinski definition) is 2. The van der Waals surface area contributed by atoms with Crippen LogP contribution >= 0.6 is 0 Å². The summed E-state index contributed by atoms with van der Waals surface area (Å²) in [7, 11) is 1.58. The second-order valence-corrected chi connectivity index (χ2v) is 3.45. The van der Waals surface area contributed by atoms with Crippen LogP contribution in [0.25, 0.3) is 6.08 Å². The normalized spacial score (nSPS) is 10.6. The van der Waals surface area contributed by atoms with Crippen LogP contribution in [0.15, 0.2) is 18.2 Å². The molecule has 2 N–H and O–H groups in total. The summed E-state index contributed by atoms with van der Waals surface area (Å²) in [5.74, 6) is 0.172. The summed E-state index contributed by atoms with van der Waals surface area (Å²) in [6.45, 7) is 3.67. The van der Waals surface area contributed by atoms with E-state index in [1.54, 1.807) is 13.1 Å². The van der Waals surface area contributed by atoms with Crippen LogP contribution in [0.5, 0.6) is 5.75 Å². The largest absolute Gasteiger partial charge is 0.507 e. The molecule has 0 unspecified atom stereocenters. The number of carbonyl (C=O) groups excluding carboxylic acids is 1. The van der Waals surface area contributed by atoms with E-state index in [4.69, 9.17) is 0 Å². The SMILES string of the molecule is CNC(=O)/C=C/c1cc(C)c(O)c(C)c1. The van der Waals surface area contributed by atoms with Gasteiger partial charge in [0.25, 0.3) is 0 Å². The van der Waals surface area contributed by atoms with Gasteiger partial charge in [0.05, 0.1) is 0 Å². The molecule has 0 aliphatic heterocycles. The van der Waals surface area contributed by atoms with Crippen molar-refractivity contribution in [1.29, 1.82) is 0 Å². The molecule has 0 heterocycles. The van der Waals surface area contributed by atoms with E-state index in [2.05, 4.69) is 5.32 Å². The highest BCUT2D eigenvalue weighted by Crippen LogP contribution is 2.23. The third kappa shape index (κ3) is 2.84. The zero-order valence-corrected chi connectivity index (χ0v) is 9.16. The van der Waals surface area contributed by atoms with Crippen LogP contribution < -0.4 is 5.32 Å². The minimum absolute atomic E-state index is 0.140. The van der Waals surface area contributed by atoms with Crippen LogP contribution in [0.3, 0.4) is 0 Å². The van der Waals surface area contributed by atoms with Crippen LogP contribution in [0.2, 0.25) is 0 Å². The number of carbonyl (C=O) groups is 1. The van der Waals surface area contributed by atoms with Crippen molar-refractivity contribution in [3.63, 3.8) is 0 Å². The molecule has 0 radical (unpaired) electrons. The lowest BCUT2D eigenvalue weighted by Crippen LogP contribution is -2.13. The molecule has 0 bridgehead atoms. The van der Waals surface area contributed by atoms with E-state index in [1.165, 1.54) is 6.08 Å². The number of likely N-dealkylation sites (N-methyl/N-ethyl adjacent to an activating group) is 1. The molecule has 1 aromatic rings. The molecule has 0 saturated carbocycles. The molecule has 0 saturated heterocycles. The molecular weight excluding hydrogens is 190 g/mol. The molecule has 80 valence electrons. The van der Waals surface area contributed by atoms with Gasteiger partial charge in [0.15, 0.2) is 0 Å². The van der Waals surface area contributed by atoms with Crippen molar-refractivity contribution < 1.29 is 9.90 Å². The minimum atomic E-state index is -0.140. The standard InChI is InChI=1S/C12H15NO2/c1-8-6-10(4-5-11(14)13-3)7-9(2)12(8)15/h4-7,15H,1-3H3,(H,13,14)/b5-4+. The van der Waals surface area contributed by atoms with Crippen molar-refractivity contribution in [2.24, 2.45) is 0 Å². The van der Waals surface area contributed by atoms with Gasteiger partial charge in [-0.15, -0.1) is 0 Å². The van der Waals surface area contributed by atoms with Crippen LogP contribution in [0, 0.1) is 13.8 Å². The van der Waals surface area contributed by atoms with Gasteiger partial charge in [-0.05, 0) is 48.7 Å². The molecule has 3 nitrogen and oxygen atoms in total. The Morgan fingerprint density at radius 2 is 1.87 bits per heavy atom. The quantitative estimate of drug-likeness (QED) is 0.723. The van der Waals surface area contributed by atoms with E-state index in [9.17, 15) is 9.90 Å². The van der Waals surface area contributed by atoms with E-state index in [0.29, 0.717) is 5.75 Å². The Labute approximate surface area is 89.4 Å². The molecule has 1 amide bonds. The molecular formula is C12H15NO2. The highest BCUT2D eigenvalue weighted by molar-refractivity contribution is 5.91. The van der Waals surface area contributed by atoms with Gasteiger partial charge in [-0.1, -0.05) is 0 Å². The van der Waals surface area contributed by atoms with E-state index < -0.39 is 0 Å². The van der Waals surface area contributed by atoms with Gasteiger partial charge in [-0.25, -0.2) is 0 Å². The summed E-state index contributed by atoms with van der Waals surface area (Å²) in [4.78, 5) is 11.0. The Hall–Kier alpha value is -1.77. The second kappa shape index (κ2) is 4.64. The number of amides is 1. The summed E-state index contributed by atoms with van der Waals surface area (Å²) in [5, 5.41) is 12.1. The molecule has 1 aromatic carbocycles. The Balaban J connectivity index is 2.97. The number of phenolic OH excluding ortho intramolecular Hbond substituents is 1. The van der Waals surface area contributed by atoms with Crippen molar-refractivity contribution >= 4 is 12.0 Å². The number of aromatic hydroxyl groups is 1. The summed E-state index contributed by atoms with van der Waals surface area (Å²) in [5.41, 5.74) is 2.53. The van der Waals surface area contributed by atoms with Crippen molar-refractivity contribution in [2.75, 3.05) is 7.05 Å². The Morgan fingerprint density at radius 3 is 2.33 bits per heavy atom. The van der Waals surface area contributed by atoms with Crippen LogP contribution in [0.1, 0.15) is 16.7 Å². The monoisotopic (exact) mass is 205 g/mol. The van der Waals surface area contributed by atoms with Crippen LogP contribution in [-0.2, 0) is 4.79 Å². The molecule has 0 aliphatic carbocycles. The van der Waals surface area contributed by atoms with Gasteiger partial charge in [-0.2, -0.15) is 0 Å². The molecule has 0 atom stereocenters. The number of aryl methyl sites for hydroxylation is 2. The van der Waals surface area contributed by atoms with Gasteiger partial charge >= 0.3 is 0 Å². The fourth-order valence-electron chi connectivity index (χ4n) is 1.34. The van der Waals surface area contributed by atoms with Gasteiger partial charge in [0.2, 0.25) is 5.91 Å². The minimum Gasteiger partial charge on any atom is -0.507 e. The first-order chi connectivity index (χ1) is 7.04. The molecule has 3 heteroatoms. The summed E-state index contributed by atoms with van der Waals surface area (Å²) >= 11 is 0. The number of rotatable bonds is 2. The average Bonchev–Trinajstić information content (AvgIpc) is 2.22. The van der Waals surface area contributed by atoms with Gasteiger partial charge < -0.3 is 10.4 Å². The van der Waals surface area contributed by atoms with Crippen molar-refractivity contribution in [3.8, 4) is 5.75 Å². The molecule has 15 heavy (non-hydrogen) atoms. The van der Waals surface area contributed by atoms with Gasteiger partial charge in [0, 0.05) is 13.1 Å². The first-order valence-electron chi connectivity index (χ1n) is 4.74. The van der Waals surface area contributed by atoms with E-state index in [-0.39, 0.29) is 5.91 Å². The lowest BCUT2D eigenvalue weighted by molar-refractivity contribution is -0.115. The van der Waals surface area contributed by atoms with Crippen LogP contribution in [-0.4, -0.2) is 18.1 Å². The number of benzene rings is 1. The van der Waals surface area contributed by atoms with Crippen molar-refractivity contribution in [2.45, 2.75) is 13.8 Å². The highest BCUT2D eigenvalue weighted by atomic mass is 16.3. The molecule has 1 rings (SSSR count). The summed E-state index contributed by atoms with van der Waals surface area (Å²) in [6, 6.07) is 3.67. The van der Waals surface area contributed by atoms with Gasteiger partial charge in [-0.3, -0.25) is 4.79 Å². The molecule has 0 aromatic heterocycles. The third-order valence-electron chi connectivity index (χ3n) is 2.19. The Morgan fingerprint density at radius 1 is 1.33 bits per heavy atom. The first kappa shape index (κ1) is 11.3. The molecule has 0 fully saturated rings. The number of phenols is 1. The molecule has 0 spiro atoms. The van der Waals surface area contributed by atoms with Crippen molar-refractivity contribution in [1.82, 2.24) is 5.32 Å². The predicted molar refractivity (Wildman–Crippen MR) is 60.7 cm³/mol. The smallest absolute Gasteiger partial charge is 0.243 e. The number of nitrogens with one attached hydrogen (secondary N) is 1. The maximum atomic E-state index is 11.0.